The van der Waals surface area contributed by atoms with E-state index in [4.69, 9.17) is 11.6 Å². The van der Waals surface area contributed by atoms with Crippen molar-refractivity contribution in [2.75, 3.05) is 12.4 Å². The standard InChI is InChI=1S/C19H22ClN3O2/c20-10-4-5-11-22-12-8-16-17(21-25)9-13-23(19(24)18(16)22)14-15-6-2-1-3-7-15/h1-3,6-8,12,25H,4-5,9-11,13-14H2. The maximum Gasteiger partial charge on any atom is 0.271 e. The summed E-state index contributed by atoms with van der Waals surface area (Å²) in [5, 5.41) is 12.8. The zero-order chi connectivity index (χ0) is 17.6. The van der Waals surface area contributed by atoms with Gasteiger partial charge < -0.3 is 14.7 Å². The minimum absolute atomic E-state index is 0.0200. The summed E-state index contributed by atoms with van der Waals surface area (Å²) in [5.41, 5.74) is 2.99. The second-order valence-corrected chi connectivity index (χ2v) is 6.55. The van der Waals surface area contributed by atoms with Crippen molar-refractivity contribution in [1.82, 2.24) is 9.47 Å². The molecule has 0 aliphatic carbocycles. The molecule has 0 saturated heterocycles. The predicted molar refractivity (Wildman–Crippen MR) is 98.5 cm³/mol. The number of unbranched alkanes of at least 4 members (excludes halogenated alkanes) is 1. The lowest BCUT2D eigenvalue weighted by molar-refractivity contribution is 0.0740. The average molecular weight is 360 g/mol. The molecule has 1 aliphatic rings. The largest absolute Gasteiger partial charge is 0.411 e. The van der Waals surface area contributed by atoms with Gasteiger partial charge in [0.1, 0.15) is 5.69 Å². The number of hydrogen-bond donors (Lipinski definition) is 1. The van der Waals surface area contributed by atoms with Gasteiger partial charge in [-0.2, -0.15) is 0 Å². The number of nitrogens with zero attached hydrogens (tertiary/aromatic N) is 3. The molecule has 0 saturated carbocycles. The van der Waals surface area contributed by atoms with Gasteiger partial charge in [0.25, 0.3) is 5.91 Å². The second kappa shape index (κ2) is 8.21. The number of carbonyl (C=O) groups is 1. The molecule has 25 heavy (non-hydrogen) atoms. The molecule has 1 N–H and O–H groups in total. The van der Waals surface area contributed by atoms with Gasteiger partial charge in [0.15, 0.2) is 0 Å². The fourth-order valence-electron chi connectivity index (χ4n) is 3.19. The lowest BCUT2D eigenvalue weighted by Gasteiger charge is -2.21. The van der Waals surface area contributed by atoms with E-state index >= 15 is 0 Å². The molecule has 0 fully saturated rings. The number of aryl methyl sites for hydroxylation is 1. The van der Waals surface area contributed by atoms with E-state index in [2.05, 4.69) is 5.16 Å². The molecule has 3 rings (SSSR count). The van der Waals surface area contributed by atoms with Crippen LogP contribution in [0.5, 0.6) is 0 Å². The Balaban J connectivity index is 1.90. The van der Waals surface area contributed by atoms with E-state index in [0.29, 0.717) is 36.8 Å². The predicted octanol–water partition coefficient (Wildman–Crippen LogP) is 3.73. The first kappa shape index (κ1) is 17.5. The van der Waals surface area contributed by atoms with Crippen LogP contribution in [-0.4, -0.2) is 38.7 Å². The summed E-state index contributed by atoms with van der Waals surface area (Å²) in [5.74, 6) is 0.592. The summed E-state index contributed by atoms with van der Waals surface area (Å²) in [6, 6.07) is 11.8. The van der Waals surface area contributed by atoms with Crippen molar-refractivity contribution in [2.24, 2.45) is 5.16 Å². The number of oxime groups is 1. The molecular weight excluding hydrogens is 338 g/mol. The molecule has 1 amide bonds. The molecule has 0 atom stereocenters. The van der Waals surface area contributed by atoms with Gasteiger partial charge in [0.2, 0.25) is 0 Å². The fraction of sp³-hybridized carbons (Fsp3) is 0.368. The maximum absolute atomic E-state index is 13.2. The number of carbonyl (C=O) groups excluding carboxylic acids is 1. The number of fused-ring (bicyclic) bond motifs is 1. The number of aromatic nitrogens is 1. The molecule has 132 valence electrons. The van der Waals surface area contributed by atoms with E-state index in [1.165, 1.54) is 0 Å². The highest BCUT2D eigenvalue weighted by Crippen LogP contribution is 2.23. The lowest BCUT2D eigenvalue weighted by Crippen LogP contribution is -2.32. The zero-order valence-electron chi connectivity index (χ0n) is 14.1. The van der Waals surface area contributed by atoms with Crippen molar-refractivity contribution in [2.45, 2.75) is 32.4 Å². The van der Waals surface area contributed by atoms with Crippen molar-refractivity contribution in [3.05, 3.63) is 59.4 Å². The van der Waals surface area contributed by atoms with Gasteiger partial charge >= 0.3 is 0 Å². The summed E-state index contributed by atoms with van der Waals surface area (Å²) >= 11 is 5.76. The number of rotatable bonds is 6. The van der Waals surface area contributed by atoms with Crippen molar-refractivity contribution < 1.29 is 10.0 Å². The summed E-state index contributed by atoms with van der Waals surface area (Å²) in [4.78, 5) is 15.0. The van der Waals surface area contributed by atoms with Crippen LogP contribution in [0, 0.1) is 0 Å². The first-order chi connectivity index (χ1) is 12.2. The van der Waals surface area contributed by atoms with Crippen LogP contribution >= 0.6 is 11.6 Å². The first-order valence-corrected chi connectivity index (χ1v) is 9.07. The summed E-state index contributed by atoms with van der Waals surface area (Å²) < 4.78 is 1.96. The SMILES string of the molecule is O=C1c2c(ccn2CCCCCl)C(=NO)CCN1Cc1ccccc1. The Morgan fingerprint density at radius 1 is 1.16 bits per heavy atom. The van der Waals surface area contributed by atoms with Crippen molar-refractivity contribution in [1.29, 1.82) is 0 Å². The van der Waals surface area contributed by atoms with Gasteiger partial charge in [-0.3, -0.25) is 4.79 Å². The Morgan fingerprint density at radius 3 is 2.68 bits per heavy atom. The van der Waals surface area contributed by atoms with Crippen LogP contribution in [0.1, 0.15) is 40.9 Å². The molecule has 5 nitrogen and oxygen atoms in total. The number of hydrogen-bond acceptors (Lipinski definition) is 3. The Hall–Kier alpha value is -2.27. The molecule has 0 bridgehead atoms. The van der Waals surface area contributed by atoms with Crippen LogP contribution in [0.3, 0.4) is 0 Å². The number of amides is 1. The number of halogens is 1. The van der Waals surface area contributed by atoms with Crippen LogP contribution in [0.25, 0.3) is 0 Å². The second-order valence-electron chi connectivity index (χ2n) is 6.18. The quantitative estimate of drug-likeness (QED) is 0.370. The van der Waals surface area contributed by atoms with Crippen molar-refractivity contribution >= 4 is 23.2 Å². The molecule has 2 aromatic rings. The Labute approximate surface area is 152 Å². The Morgan fingerprint density at radius 2 is 1.96 bits per heavy atom. The van der Waals surface area contributed by atoms with Gasteiger partial charge in [-0.25, -0.2) is 0 Å². The molecule has 6 heteroatoms. The van der Waals surface area contributed by atoms with Crippen LogP contribution in [0.15, 0.2) is 47.8 Å². The minimum atomic E-state index is -0.0200. The van der Waals surface area contributed by atoms with E-state index < -0.39 is 0 Å². The molecule has 1 aliphatic heterocycles. The van der Waals surface area contributed by atoms with Crippen LogP contribution in [0.2, 0.25) is 0 Å². The molecule has 1 aromatic heterocycles. The third-order valence-corrected chi connectivity index (χ3v) is 4.77. The van der Waals surface area contributed by atoms with Crippen LogP contribution < -0.4 is 0 Å². The van der Waals surface area contributed by atoms with Crippen LogP contribution in [-0.2, 0) is 13.1 Å². The number of benzene rings is 1. The third kappa shape index (κ3) is 3.87. The van der Waals surface area contributed by atoms with Gasteiger partial charge in [0, 0.05) is 43.7 Å². The monoisotopic (exact) mass is 359 g/mol. The minimum Gasteiger partial charge on any atom is -0.411 e. The molecule has 0 spiro atoms. The van der Waals surface area contributed by atoms with Crippen LogP contribution in [0.4, 0.5) is 0 Å². The third-order valence-electron chi connectivity index (χ3n) is 4.50. The van der Waals surface area contributed by atoms with Gasteiger partial charge in [0.05, 0.1) is 5.71 Å². The highest BCUT2D eigenvalue weighted by Gasteiger charge is 2.29. The Bertz CT molecular complexity index is 755. The normalized spacial score (nSPS) is 16.1. The van der Waals surface area contributed by atoms with Gasteiger partial charge in [-0.15, -0.1) is 11.6 Å². The lowest BCUT2D eigenvalue weighted by atomic mass is 10.1. The Kier molecular flexibility index (Phi) is 5.76. The fourth-order valence-corrected chi connectivity index (χ4v) is 3.38. The highest BCUT2D eigenvalue weighted by molar-refractivity contribution is 6.17. The van der Waals surface area contributed by atoms with E-state index in [1.54, 1.807) is 0 Å². The maximum atomic E-state index is 13.2. The van der Waals surface area contributed by atoms with Gasteiger partial charge in [-0.1, -0.05) is 35.5 Å². The molecule has 2 heterocycles. The summed E-state index contributed by atoms with van der Waals surface area (Å²) in [7, 11) is 0. The average Bonchev–Trinajstić information content (AvgIpc) is 3.00. The molecule has 0 unspecified atom stereocenters. The topological polar surface area (TPSA) is 57.8 Å². The van der Waals surface area contributed by atoms with E-state index in [9.17, 15) is 10.0 Å². The first-order valence-electron chi connectivity index (χ1n) is 8.54. The molecule has 1 aromatic carbocycles. The van der Waals surface area contributed by atoms with E-state index in [0.717, 1.165) is 30.5 Å². The molecular formula is C19H22ClN3O2. The summed E-state index contributed by atoms with van der Waals surface area (Å²) in [6.45, 7) is 1.81. The van der Waals surface area contributed by atoms with Gasteiger partial charge in [-0.05, 0) is 24.5 Å². The van der Waals surface area contributed by atoms with E-state index in [1.807, 2.05) is 52.1 Å². The zero-order valence-corrected chi connectivity index (χ0v) is 14.8. The smallest absolute Gasteiger partial charge is 0.271 e. The number of alkyl halides is 1. The van der Waals surface area contributed by atoms with Crippen molar-refractivity contribution in [3.8, 4) is 0 Å². The molecule has 0 radical (unpaired) electrons. The van der Waals surface area contributed by atoms with Crippen molar-refractivity contribution in [3.63, 3.8) is 0 Å². The summed E-state index contributed by atoms with van der Waals surface area (Å²) in [6.07, 6.45) is 4.24. The van der Waals surface area contributed by atoms with E-state index in [-0.39, 0.29) is 5.91 Å². The highest BCUT2D eigenvalue weighted by atomic mass is 35.5.